The number of rotatable bonds is 5. The molecule has 26 heavy (non-hydrogen) atoms. The number of nitrogens with zero attached hydrogens (tertiary/aromatic N) is 3. The highest BCUT2D eigenvalue weighted by Crippen LogP contribution is 2.21. The summed E-state index contributed by atoms with van der Waals surface area (Å²) in [5, 5.41) is 3.89. The van der Waals surface area contributed by atoms with Crippen molar-refractivity contribution in [3.63, 3.8) is 0 Å². The second-order valence-corrected chi connectivity index (χ2v) is 7.08. The number of hydrogen-bond acceptors (Lipinski definition) is 5. The lowest BCUT2D eigenvalue weighted by Crippen LogP contribution is -2.45. The van der Waals surface area contributed by atoms with Crippen LogP contribution in [0.1, 0.15) is 37.6 Å². The summed E-state index contributed by atoms with van der Waals surface area (Å²) in [5.74, 6) is 0.852. The van der Waals surface area contributed by atoms with Gasteiger partial charge in [0.15, 0.2) is 0 Å². The molecule has 1 fully saturated rings. The van der Waals surface area contributed by atoms with Gasteiger partial charge in [-0.25, -0.2) is 4.39 Å². The predicted octanol–water partition coefficient (Wildman–Crippen LogP) is 2.70. The van der Waals surface area contributed by atoms with Crippen molar-refractivity contribution in [3.05, 3.63) is 35.5 Å². The minimum Gasteiger partial charge on any atom is -0.342 e. The number of aromatic nitrogens is 2. The molecule has 6 nitrogen and oxygen atoms in total. The average Bonchev–Trinajstić information content (AvgIpc) is 3.11. The van der Waals surface area contributed by atoms with E-state index in [1.807, 2.05) is 11.8 Å². The zero-order valence-electron chi connectivity index (χ0n) is 15.2. The van der Waals surface area contributed by atoms with E-state index in [4.69, 9.17) is 10.3 Å². The second kappa shape index (κ2) is 7.95. The number of aryl methyl sites for hydroxylation is 2. The minimum absolute atomic E-state index is 0.0801. The lowest BCUT2D eigenvalue weighted by atomic mass is 9.92. The number of nitrogens with two attached hydrogens (primary N) is 1. The summed E-state index contributed by atoms with van der Waals surface area (Å²) in [7, 11) is 0. The van der Waals surface area contributed by atoms with E-state index in [-0.39, 0.29) is 17.8 Å². The van der Waals surface area contributed by atoms with E-state index in [1.54, 1.807) is 19.1 Å². The van der Waals surface area contributed by atoms with Gasteiger partial charge in [0.25, 0.3) is 0 Å². The summed E-state index contributed by atoms with van der Waals surface area (Å²) in [6.07, 6.45) is 2.75. The highest BCUT2D eigenvalue weighted by atomic mass is 19.1. The van der Waals surface area contributed by atoms with Crippen LogP contribution < -0.4 is 5.73 Å². The molecule has 0 unspecified atom stereocenters. The number of carbonyl (C=O) groups excluding carboxylic acids is 1. The highest BCUT2D eigenvalue weighted by Gasteiger charge is 2.25. The monoisotopic (exact) mass is 360 g/mol. The van der Waals surface area contributed by atoms with E-state index in [9.17, 15) is 9.18 Å². The van der Waals surface area contributed by atoms with Crippen LogP contribution in [0, 0.1) is 18.7 Å². The van der Waals surface area contributed by atoms with Crippen LogP contribution in [0.2, 0.25) is 0 Å². The zero-order chi connectivity index (χ0) is 18.7. The number of likely N-dealkylation sites (tertiary alicyclic amines) is 1. The first-order chi connectivity index (χ1) is 12.4. The Morgan fingerprint density at radius 1 is 1.50 bits per heavy atom. The van der Waals surface area contributed by atoms with Crippen LogP contribution in [0.25, 0.3) is 11.4 Å². The summed E-state index contributed by atoms with van der Waals surface area (Å²) in [6, 6.07) is 4.91. The van der Waals surface area contributed by atoms with Crippen molar-refractivity contribution in [2.24, 2.45) is 11.7 Å². The van der Waals surface area contributed by atoms with Crippen LogP contribution in [0.4, 0.5) is 4.39 Å². The van der Waals surface area contributed by atoms with Gasteiger partial charge in [-0.1, -0.05) is 17.3 Å². The van der Waals surface area contributed by atoms with Gasteiger partial charge in [0.05, 0.1) is 0 Å². The Bertz CT molecular complexity index is 775. The van der Waals surface area contributed by atoms with E-state index >= 15 is 0 Å². The largest absolute Gasteiger partial charge is 0.342 e. The molecule has 2 atom stereocenters. The quantitative estimate of drug-likeness (QED) is 0.886. The van der Waals surface area contributed by atoms with Crippen LogP contribution in [0.5, 0.6) is 0 Å². The lowest BCUT2D eigenvalue weighted by Gasteiger charge is -2.34. The fourth-order valence-corrected chi connectivity index (χ4v) is 3.24. The number of amides is 1. The van der Waals surface area contributed by atoms with Crippen molar-refractivity contribution < 1.29 is 13.7 Å². The van der Waals surface area contributed by atoms with Gasteiger partial charge in [-0.15, -0.1) is 0 Å². The molecule has 2 heterocycles. The van der Waals surface area contributed by atoms with Crippen molar-refractivity contribution in [1.82, 2.24) is 15.0 Å². The minimum atomic E-state index is -0.308. The summed E-state index contributed by atoms with van der Waals surface area (Å²) >= 11 is 0. The van der Waals surface area contributed by atoms with E-state index in [0.29, 0.717) is 48.1 Å². The molecule has 2 N–H and O–H groups in total. The Labute approximate surface area is 152 Å². The Morgan fingerprint density at radius 3 is 3.04 bits per heavy atom. The van der Waals surface area contributed by atoms with Crippen molar-refractivity contribution in [1.29, 1.82) is 0 Å². The van der Waals surface area contributed by atoms with Gasteiger partial charge in [0, 0.05) is 37.5 Å². The highest BCUT2D eigenvalue weighted by molar-refractivity contribution is 5.76. The third-order valence-electron chi connectivity index (χ3n) is 5.00. The summed E-state index contributed by atoms with van der Waals surface area (Å²) in [4.78, 5) is 18.6. The van der Waals surface area contributed by atoms with Gasteiger partial charge in [-0.2, -0.15) is 4.98 Å². The third kappa shape index (κ3) is 4.27. The van der Waals surface area contributed by atoms with Gasteiger partial charge >= 0.3 is 0 Å². The van der Waals surface area contributed by atoms with Gasteiger partial charge in [-0.3, -0.25) is 4.79 Å². The maximum Gasteiger partial charge on any atom is 0.227 e. The lowest BCUT2D eigenvalue weighted by molar-refractivity contribution is -0.133. The van der Waals surface area contributed by atoms with E-state index < -0.39 is 0 Å². The maximum absolute atomic E-state index is 13.7. The van der Waals surface area contributed by atoms with Crippen molar-refractivity contribution in [2.45, 2.75) is 45.6 Å². The first-order valence-corrected chi connectivity index (χ1v) is 9.06. The molecule has 3 rings (SSSR count). The molecule has 0 saturated carbocycles. The normalized spacial score (nSPS) is 18.8. The number of carbonyl (C=O) groups is 1. The molecule has 140 valence electrons. The summed E-state index contributed by atoms with van der Waals surface area (Å²) in [6.45, 7) is 5.18. The number of hydrogen-bond donors (Lipinski definition) is 1. The first-order valence-electron chi connectivity index (χ1n) is 9.06. The van der Waals surface area contributed by atoms with Gasteiger partial charge in [0.2, 0.25) is 17.6 Å². The fourth-order valence-electron chi connectivity index (χ4n) is 3.24. The standard InChI is InChI=1S/C19H25FN4O2/c1-12-5-6-14(10-16(12)20)19-22-17(26-23-19)7-8-18(25)24-9-3-4-15(11-24)13(2)21/h5-6,10,13,15H,3-4,7-9,11,21H2,1-2H3/t13-,15+/m0/s1. The van der Waals surface area contributed by atoms with Gasteiger partial charge in [0.1, 0.15) is 5.82 Å². The zero-order valence-corrected chi connectivity index (χ0v) is 15.2. The molecular weight excluding hydrogens is 335 g/mol. The van der Waals surface area contributed by atoms with Crippen LogP contribution in [-0.2, 0) is 11.2 Å². The van der Waals surface area contributed by atoms with Crippen molar-refractivity contribution in [3.8, 4) is 11.4 Å². The molecule has 7 heteroatoms. The molecule has 1 amide bonds. The Balaban J connectivity index is 1.57. The maximum atomic E-state index is 13.7. The average molecular weight is 360 g/mol. The van der Waals surface area contributed by atoms with E-state index in [2.05, 4.69) is 10.1 Å². The molecule has 1 aromatic heterocycles. The summed E-state index contributed by atoms with van der Waals surface area (Å²) < 4.78 is 18.9. The molecule has 1 aliphatic heterocycles. The fraction of sp³-hybridized carbons (Fsp3) is 0.526. The Hall–Kier alpha value is -2.28. The second-order valence-electron chi connectivity index (χ2n) is 7.08. The van der Waals surface area contributed by atoms with E-state index in [0.717, 1.165) is 19.4 Å². The predicted molar refractivity (Wildman–Crippen MR) is 95.7 cm³/mol. The SMILES string of the molecule is Cc1ccc(-c2noc(CCC(=O)N3CCC[C@@H]([C@H](C)N)C3)n2)cc1F. The molecule has 1 saturated heterocycles. The van der Waals surface area contributed by atoms with Crippen LogP contribution in [-0.4, -0.2) is 40.1 Å². The molecule has 0 radical (unpaired) electrons. The van der Waals surface area contributed by atoms with Crippen molar-refractivity contribution in [2.75, 3.05) is 13.1 Å². The molecular formula is C19H25FN4O2. The smallest absolute Gasteiger partial charge is 0.227 e. The summed E-state index contributed by atoms with van der Waals surface area (Å²) in [5.41, 5.74) is 7.10. The molecule has 1 aromatic carbocycles. The van der Waals surface area contributed by atoms with Gasteiger partial charge in [-0.05, 0) is 44.2 Å². The molecule has 0 bridgehead atoms. The third-order valence-corrected chi connectivity index (χ3v) is 5.00. The number of piperidine rings is 1. The van der Waals surface area contributed by atoms with Crippen LogP contribution in [0.3, 0.4) is 0 Å². The number of halogens is 1. The molecule has 2 aromatic rings. The molecule has 1 aliphatic rings. The van der Waals surface area contributed by atoms with Crippen LogP contribution in [0.15, 0.2) is 22.7 Å². The first kappa shape index (κ1) is 18.5. The molecule has 0 spiro atoms. The van der Waals surface area contributed by atoms with Gasteiger partial charge < -0.3 is 15.2 Å². The van der Waals surface area contributed by atoms with Crippen molar-refractivity contribution >= 4 is 5.91 Å². The number of benzene rings is 1. The molecule has 0 aliphatic carbocycles. The van der Waals surface area contributed by atoms with Crippen LogP contribution >= 0.6 is 0 Å². The topological polar surface area (TPSA) is 85.2 Å². The Kier molecular flexibility index (Phi) is 5.66. The Morgan fingerprint density at radius 2 is 2.31 bits per heavy atom. The van der Waals surface area contributed by atoms with E-state index in [1.165, 1.54) is 6.07 Å².